The molecule has 0 bridgehead atoms. The SMILES string of the molecule is CCc1ccccc1-c1ccc(OCCN(C)C)c(C2=C(CN(C)C)[CH]CC=C2)c1. The van der Waals surface area contributed by atoms with Gasteiger partial charge in [0, 0.05) is 18.7 Å². The molecule has 1 aliphatic carbocycles. The van der Waals surface area contributed by atoms with E-state index in [2.05, 4.69) is 106 Å². The van der Waals surface area contributed by atoms with E-state index in [1.807, 2.05) is 0 Å². The van der Waals surface area contributed by atoms with Crippen molar-refractivity contribution in [1.82, 2.24) is 9.80 Å². The molecular formula is C27H35N2O. The first-order chi connectivity index (χ1) is 14.5. The largest absolute Gasteiger partial charge is 0.492 e. The summed E-state index contributed by atoms with van der Waals surface area (Å²) in [6.45, 7) is 4.71. The summed E-state index contributed by atoms with van der Waals surface area (Å²) in [4.78, 5) is 4.38. The lowest BCUT2D eigenvalue weighted by Gasteiger charge is -2.22. The van der Waals surface area contributed by atoms with Crippen molar-refractivity contribution in [2.45, 2.75) is 19.8 Å². The van der Waals surface area contributed by atoms with Gasteiger partial charge in [0.05, 0.1) is 0 Å². The van der Waals surface area contributed by atoms with Crippen LogP contribution in [-0.4, -0.2) is 57.7 Å². The van der Waals surface area contributed by atoms with Crippen molar-refractivity contribution >= 4 is 5.57 Å². The van der Waals surface area contributed by atoms with Crippen LogP contribution in [0.3, 0.4) is 0 Å². The van der Waals surface area contributed by atoms with Crippen LogP contribution in [0.5, 0.6) is 5.75 Å². The maximum absolute atomic E-state index is 6.26. The summed E-state index contributed by atoms with van der Waals surface area (Å²) >= 11 is 0. The van der Waals surface area contributed by atoms with E-state index in [1.165, 1.54) is 33.4 Å². The van der Waals surface area contributed by atoms with Crippen LogP contribution >= 0.6 is 0 Å². The van der Waals surface area contributed by atoms with Gasteiger partial charge in [-0.05, 0) is 87.4 Å². The highest BCUT2D eigenvalue weighted by atomic mass is 16.5. The highest BCUT2D eigenvalue weighted by Gasteiger charge is 2.17. The molecule has 1 aliphatic rings. The third kappa shape index (κ3) is 5.62. The molecule has 2 aromatic rings. The third-order valence-corrected chi connectivity index (χ3v) is 5.39. The van der Waals surface area contributed by atoms with Gasteiger partial charge in [0.25, 0.3) is 0 Å². The molecule has 3 heteroatoms. The monoisotopic (exact) mass is 403 g/mol. The van der Waals surface area contributed by atoms with Crippen LogP contribution in [0.25, 0.3) is 16.7 Å². The van der Waals surface area contributed by atoms with Crippen LogP contribution in [0.1, 0.15) is 24.5 Å². The molecule has 0 spiro atoms. The van der Waals surface area contributed by atoms with Crippen molar-refractivity contribution in [3.8, 4) is 16.9 Å². The first-order valence-corrected chi connectivity index (χ1v) is 10.9. The van der Waals surface area contributed by atoms with Gasteiger partial charge in [0.2, 0.25) is 0 Å². The summed E-state index contributed by atoms with van der Waals surface area (Å²) in [6.07, 6.45) is 8.86. The van der Waals surface area contributed by atoms with E-state index in [9.17, 15) is 0 Å². The molecular weight excluding hydrogens is 368 g/mol. The molecule has 3 nitrogen and oxygen atoms in total. The van der Waals surface area contributed by atoms with E-state index in [0.717, 1.165) is 31.7 Å². The van der Waals surface area contributed by atoms with Crippen molar-refractivity contribution in [2.75, 3.05) is 47.9 Å². The number of likely N-dealkylation sites (N-methyl/N-ethyl adjacent to an activating group) is 2. The Kier molecular flexibility index (Phi) is 7.89. The Morgan fingerprint density at radius 3 is 2.47 bits per heavy atom. The highest BCUT2D eigenvalue weighted by molar-refractivity contribution is 5.85. The minimum Gasteiger partial charge on any atom is -0.492 e. The molecule has 1 radical (unpaired) electrons. The van der Waals surface area contributed by atoms with E-state index in [-0.39, 0.29) is 0 Å². The Hall–Kier alpha value is -2.36. The first-order valence-electron chi connectivity index (χ1n) is 10.9. The molecule has 0 aromatic heterocycles. The lowest BCUT2D eigenvalue weighted by Crippen LogP contribution is -2.20. The predicted molar refractivity (Wildman–Crippen MR) is 129 cm³/mol. The fourth-order valence-electron chi connectivity index (χ4n) is 3.85. The summed E-state index contributed by atoms with van der Waals surface area (Å²) < 4.78 is 6.26. The predicted octanol–water partition coefficient (Wildman–Crippen LogP) is 5.34. The summed E-state index contributed by atoms with van der Waals surface area (Å²) in [7, 11) is 8.40. The van der Waals surface area contributed by atoms with Crippen LogP contribution in [0, 0.1) is 6.42 Å². The summed E-state index contributed by atoms with van der Waals surface area (Å²) in [5.41, 5.74) is 7.74. The number of allylic oxidation sites excluding steroid dienone is 3. The minimum absolute atomic E-state index is 0.675. The number of hydrogen-bond donors (Lipinski definition) is 0. The second-order valence-electron chi connectivity index (χ2n) is 8.39. The molecule has 0 aliphatic heterocycles. The average Bonchev–Trinajstić information content (AvgIpc) is 2.74. The van der Waals surface area contributed by atoms with Gasteiger partial charge < -0.3 is 14.5 Å². The van der Waals surface area contributed by atoms with E-state index < -0.39 is 0 Å². The lowest BCUT2D eigenvalue weighted by molar-refractivity contribution is 0.261. The molecule has 0 N–H and O–H groups in total. The van der Waals surface area contributed by atoms with Crippen LogP contribution in [0.4, 0.5) is 0 Å². The summed E-state index contributed by atoms with van der Waals surface area (Å²) in [5, 5.41) is 0. The zero-order valence-electron chi connectivity index (χ0n) is 19.1. The zero-order valence-corrected chi connectivity index (χ0v) is 19.1. The molecule has 2 aromatic carbocycles. The summed E-state index contributed by atoms with van der Waals surface area (Å²) in [6, 6.07) is 15.4. The van der Waals surface area contributed by atoms with Crippen molar-refractivity contribution < 1.29 is 4.74 Å². The topological polar surface area (TPSA) is 15.7 Å². The van der Waals surface area contributed by atoms with E-state index >= 15 is 0 Å². The van der Waals surface area contributed by atoms with Crippen molar-refractivity contribution in [2.24, 2.45) is 0 Å². The Labute approximate surface area is 182 Å². The molecule has 0 saturated carbocycles. The standard InChI is InChI=1S/C27H35N2O/c1-6-21-11-7-9-13-24(21)22-15-16-27(30-18-17-28(2)3)26(19-22)25-14-10-8-12-23(25)20-29(4)5/h7,9-16,19H,6,8,17-18,20H2,1-5H3. The number of aryl methyl sites for hydroxylation is 1. The number of hydrogen-bond acceptors (Lipinski definition) is 3. The van der Waals surface area contributed by atoms with Crippen molar-refractivity contribution in [1.29, 1.82) is 0 Å². The third-order valence-electron chi connectivity index (χ3n) is 5.39. The van der Waals surface area contributed by atoms with Gasteiger partial charge in [0.1, 0.15) is 12.4 Å². The van der Waals surface area contributed by atoms with Gasteiger partial charge in [-0.2, -0.15) is 0 Å². The van der Waals surface area contributed by atoms with Gasteiger partial charge in [-0.3, -0.25) is 0 Å². The lowest BCUT2D eigenvalue weighted by atomic mass is 9.89. The highest BCUT2D eigenvalue weighted by Crippen LogP contribution is 2.37. The smallest absolute Gasteiger partial charge is 0.127 e. The van der Waals surface area contributed by atoms with Crippen LogP contribution in [0.15, 0.2) is 60.2 Å². The second-order valence-corrected chi connectivity index (χ2v) is 8.39. The first kappa shape index (κ1) is 22.3. The molecule has 0 atom stereocenters. The van der Waals surface area contributed by atoms with Crippen LogP contribution in [0.2, 0.25) is 0 Å². The second kappa shape index (κ2) is 10.6. The normalized spacial score (nSPS) is 14.1. The fourth-order valence-corrected chi connectivity index (χ4v) is 3.85. The molecule has 0 unspecified atom stereocenters. The number of rotatable bonds is 9. The summed E-state index contributed by atoms with van der Waals surface area (Å²) in [5.74, 6) is 0.959. The quantitative estimate of drug-likeness (QED) is 0.562. The fraction of sp³-hybridized carbons (Fsp3) is 0.370. The Balaban J connectivity index is 2.08. The van der Waals surface area contributed by atoms with Gasteiger partial charge in [-0.25, -0.2) is 0 Å². The van der Waals surface area contributed by atoms with Gasteiger partial charge >= 0.3 is 0 Å². The number of ether oxygens (including phenoxy) is 1. The van der Waals surface area contributed by atoms with Crippen molar-refractivity contribution in [3.05, 3.63) is 77.7 Å². The van der Waals surface area contributed by atoms with Gasteiger partial charge in [-0.15, -0.1) is 0 Å². The number of nitrogens with zero attached hydrogens (tertiary/aromatic N) is 2. The molecule has 0 fully saturated rings. The van der Waals surface area contributed by atoms with Crippen LogP contribution < -0.4 is 4.74 Å². The van der Waals surface area contributed by atoms with Gasteiger partial charge in [-0.1, -0.05) is 49.4 Å². The maximum atomic E-state index is 6.26. The zero-order chi connectivity index (χ0) is 21.5. The Bertz CT molecular complexity index is 909. The van der Waals surface area contributed by atoms with Crippen molar-refractivity contribution in [3.63, 3.8) is 0 Å². The molecule has 0 heterocycles. The number of benzene rings is 2. The van der Waals surface area contributed by atoms with Crippen LogP contribution in [-0.2, 0) is 6.42 Å². The van der Waals surface area contributed by atoms with Gasteiger partial charge in [0.15, 0.2) is 0 Å². The van der Waals surface area contributed by atoms with E-state index in [4.69, 9.17) is 4.74 Å². The van der Waals surface area contributed by atoms with E-state index in [1.54, 1.807) is 0 Å². The Morgan fingerprint density at radius 2 is 1.73 bits per heavy atom. The molecule has 159 valence electrons. The average molecular weight is 404 g/mol. The molecule has 0 saturated heterocycles. The molecule has 0 amide bonds. The minimum atomic E-state index is 0.675. The maximum Gasteiger partial charge on any atom is 0.127 e. The molecule has 30 heavy (non-hydrogen) atoms. The molecule has 3 rings (SSSR count). The van der Waals surface area contributed by atoms with E-state index in [0.29, 0.717) is 6.61 Å². The Morgan fingerprint density at radius 1 is 0.933 bits per heavy atom.